The number of amides is 2. The number of carbonyl (C=O) groups excluding carboxylic acids is 2. The van der Waals surface area contributed by atoms with Crippen LogP contribution in [-0.4, -0.2) is 21.6 Å². The van der Waals surface area contributed by atoms with Crippen LogP contribution in [0.1, 0.15) is 47.2 Å². The predicted molar refractivity (Wildman–Crippen MR) is 110 cm³/mol. The maximum absolute atomic E-state index is 13.4. The molecule has 3 N–H and O–H groups in total. The lowest BCUT2D eigenvalue weighted by Gasteiger charge is -2.25. The highest BCUT2D eigenvalue weighted by molar-refractivity contribution is 5.87. The van der Waals surface area contributed by atoms with Gasteiger partial charge in [0.05, 0.1) is 17.7 Å². The average molecular weight is 388 g/mol. The number of carbonyl (C=O) groups is 2. The minimum absolute atomic E-state index is 0.0460. The zero-order chi connectivity index (χ0) is 20.2. The van der Waals surface area contributed by atoms with Gasteiger partial charge in [-0.2, -0.15) is 5.10 Å². The Morgan fingerprint density at radius 2 is 1.69 bits per heavy atom. The Morgan fingerprint density at radius 1 is 1.07 bits per heavy atom. The van der Waals surface area contributed by atoms with E-state index in [-0.39, 0.29) is 18.5 Å². The lowest BCUT2D eigenvalue weighted by Crippen LogP contribution is -2.35. The quantitative estimate of drug-likeness (QED) is 0.680. The van der Waals surface area contributed by atoms with Crippen LogP contribution in [0.4, 0.5) is 0 Å². The highest BCUT2D eigenvalue weighted by atomic mass is 16.2. The van der Waals surface area contributed by atoms with Gasteiger partial charge in [-0.05, 0) is 36.0 Å². The monoisotopic (exact) mass is 388 g/mol. The molecule has 0 spiro atoms. The summed E-state index contributed by atoms with van der Waals surface area (Å²) in [5.41, 5.74) is 9.10. The minimum atomic E-state index is -0.432. The number of hydrogen-bond acceptors (Lipinski definition) is 3. The number of benzene rings is 2. The van der Waals surface area contributed by atoms with Crippen molar-refractivity contribution in [2.75, 3.05) is 0 Å². The molecule has 0 saturated heterocycles. The predicted octanol–water partition coefficient (Wildman–Crippen LogP) is 2.69. The molecule has 0 radical (unpaired) electrons. The largest absolute Gasteiger partial charge is 0.368 e. The van der Waals surface area contributed by atoms with Gasteiger partial charge in [0.15, 0.2) is 0 Å². The molecule has 148 valence electrons. The summed E-state index contributed by atoms with van der Waals surface area (Å²) in [6, 6.07) is 19.4. The zero-order valence-electron chi connectivity index (χ0n) is 16.1. The zero-order valence-corrected chi connectivity index (χ0v) is 16.1. The fourth-order valence-electron chi connectivity index (χ4n) is 4.02. The molecule has 6 nitrogen and oxygen atoms in total. The standard InChI is InChI=1S/C23H24N4O2/c24-20(28)15-27-14-18-12-7-13-19(22(18)26-27)25-23(29)21(16-8-3-1-4-9-16)17-10-5-2-6-11-17/h1-6,8-11,14,19,21H,7,12-13,15H2,(H2,24,28)(H,25,29)/t19-/m1/s1. The SMILES string of the molecule is NC(=O)Cn1cc2c(n1)[C@H](NC(=O)C(c1ccccc1)c1ccccc1)CCC2. The number of nitrogens with two attached hydrogens (primary N) is 1. The summed E-state index contributed by atoms with van der Waals surface area (Å²) in [5.74, 6) is -0.876. The van der Waals surface area contributed by atoms with Crippen LogP contribution in [0.5, 0.6) is 0 Å². The van der Waals surface area contributed by atoms with E-state index in [9.17, 15) is 9.59 Å². The van der Waals surface area contributed by atoms with E-state index in [0.717, 1.165) is 41.6 Å². The molecule has 1 heterocycles. The van der Waals surface area contributed by atoms with Gasteiger partial charge in [-0.1, -0.05) is 60.7 Å². The van der Waals surface area contributed by atoms with Crippen LogP contribution in [0, 0.1) is 0 Å². The molecule has 1 aliphatic carbocycles. The van der Waals surface area contributed by atoms with Crippen LogP contribution >= 0.6 is 0 Å². The van der Waals surface area contributed by atoms with Gasteiger partial charge in [0.25, 0.3) is 0 Å². The van der Waals surface area contributed by atoms with Gasteiger partial charge in [-0.15, -0.1) is 0 Å². The summed E-state index contributed by atoms with van der Waals surface area (Å²) in [4.78, 5) is 24.6. The number of fused-ring (bicyclic) bond motifs is 1. The van der Waals surface area contributed by atoms with Crippen molar-refractivity contribution in [2.24, 2.45) is 5.73 Å². The molecular weight excluding hydrogens is 364 g/mol. The van der Waals surface area contributed by atoms with Gasteiger partial charge in [0.2, 0.25) is 11.8 Å². The third-order valence-corrected chi connectivity index (χ3v) is 5.30. The van der Waals surface area contributed by atoms with Crippen LogP contribution in [-0.2, 0) is 22.6 Å². The first-order valence-corrected chi connectivity index (χ1v) is 9.86. The molecule has 2 amide bonds. The van der Waals surface area contributed by atoms with Crippen LogP contribution in [0.2, 0.25) is 0 Å². The number of aromatic nitrogens is 2. The average Bonchev–Trinajstić information content (AvgIpc) is 3.12. The second kappa shape index (κ2) is 8.31. The van der Waals surface area contributed by atoms with E-state index in [1.165, 1.54) is 0 Å². The van der Waals surface area contributed by atoms with E-state index in [1.54, 1.807) is 4.68 Å². The van der Waals surface area contributed by atoms with E-state index in [0.29, 0.717) is 0 Å². The van der Waals surface area contributed by atoms with Crippen LogP contribution in [0.15, 0.2) is 66.9 Å². The number of hydrogen-bond donors (Lipinski definition) is 2. The van der Waals surface area contributed by atoms with E-state index >= 15 is 0 Å². The molecule has 6 heteroatoms. The normalized spacial score (nSPS) is 15.7. The summed E-state index contributed by atoms with van der Waals surface area (Å²) in [7, 11) is 0. The summed E-state index contributed by atoms with van der Waals surface area (Å²) in [6.45, 7) is 0.0460. The number of nitrogens with zero attached hydrogens (tertiary/aromatic N) is 2. The van der Waals surface area contributed by atoms with Crippen molar-refractivity contribution >= 4 is 11.8 Å². The summed E-state index contributed by atoms with van der Waals surface area (Å²) >= 11 is 0. The Morgan fingerprint density at radius 3 is 2.28 bits per heavy atom. The molecule has 1 aromatic heterocycles. The summed E-state index contributed by atoms with van der Waals surface area (Å²) < 4.78 is 1.57. The third-order valence-electron chi connectivity index (χ3n) is 5.30. The van der Waals surface area contributed by atoms with Crippen molar-refractivity contribution < 1.29 is 9.59 Å². The maximum atomic E-state index is 13.4. The lowest BCUT2D eigenvalue weighted by molar-refractivity contribution is -0.122. The molecule has 0 saturated carbocycles. The second-order valence-electron chi connectivity index (χ2n) is 7.41. The van der Waals surface area contributed by atoms with Crippen molar-refractivity contribution in [2.45, 2.75) is 37.8 Å². The summed E-state index contributed by atoms with van der Waals surface area (Å²) in [6.07, 6.45) is 4.54. The number of aryl methyl sites for hydroxylation is 1. The Bertz CT molecular complexity index is 959. The molecular formula is C23H24N4O2. The maximum Gasteiger partial charge on any atom is 0.239 e. The van der Waals surface area contributed by atoms with Gasteiger partial charge in [0.1, 0.15) is 6.54 Å². The first kappa shape index (κ1) is 18.9. The smallest absolute Gasteiger partial charge is 0.239 e. The molecule has 2 aromatic carbocycles. The van der Waals surface area contributed by atoms with E-state index < -0.39 is 11.8 Å². The third kappa shape index (κ3) is 4.21. The molecule has 0 aliphatic heterocycles. The Labute approximate surface area is 169 Å². The van der Waals surface area contributed by atoms with Crippen molar-refractivity contribution in [3.8, 4) is 0 Å². The van der Waals surface area contributed by atoms with Gasteiger partial charge in [0, 0.05) is 6.20 Å². The molecule has 1 atom stereocenters. The molecule has 0 fully saturated rings. The number of rotatable bonds is 6. The Hall–Kier alpha value is -3.41. The Kier molecular flexibility index (Phi) is 5.42. The number of primary amides is 1. The fourth-order valence-corrected chi connectivity index (χ4v) is 4.02. The molecule has 29 heavy (non-hydrogen) atoms. The highest BCUT2D eigenvalue weighted by Crippen LogP contribution is 2.31. The van der Waals surface area contributed by atoms with Crippen molar-refractivity contribution in [1.82, 2.24) is 15.1 Å². The van der Waals surface area contributed by atoms with Gasteiger partial charge < -0.3 is 11.1 Å². The molecule has 0 bridgehead atoms. The first-order valence-electron chi connectivity index (χ1n) is 9.86. The van der Waals surface area contributed by atoms with E-state index in [4.69, 9.17) is 5.73 Å². The summed E-state index contributed by atoms with van der Waals surface area (Å²) in [5, 5.41) is 7.74. The topological polar surface area (TPSA) is 90.0 Å². The van der Waals surface area contributed by atoms with Crippen LogP contribution in [0.25, 0.3) is 0 Å². The fraction of sp³-hybridized carbons (Fsp3) is 0.261. The Balaban J connectivity index is 1.61. The van der Waals surface area contributed by atoms with E-state index in [2.05, 4.69) is 10.4 Å². The van der Waals surface area contributed by atoms with Crippen molar-refractivity contribution in [3.05, 3.63) is 89.2 Å². The molecule has 1 aliphatic rings. The van der Waals surface area contributed by atoms with Crippen molar-refractivity contribution in [1.29, 1.82) is 0 Å². The lowest BCUT2D eigenvalue weighted by atomic mass is 9.88. The molecule has 3 aromatic rings. The second-order valence-corrected chi connectivity index (χ2v) is 7.41. The number of nitrogens with one attached hydrogen (secondary N) is 1. The van der Waals surface area contributed by atoms with Crippen molar-refractivity contribution in [3.63, 3.8) is 0 Å². The van der Waals surface area contributed by atoms with Crippen LogP contribution < -0.4 is 11.1 Å². The van der Waals surface area contributed by atoms with Crippen LogP contribution in [0.3, 0.4) is 0 Å². The molecule has 0 unspecified atom stereocenters. The molecule has 4 rings (SSSR count). The van der Waals surface area contributed by atoms with Gasteiger partial charge >= 0.3 is 0 Å². The van der Waals surface area contributed by atoms with Gasteiger partial charge in [-0.25, -0.2) is 0 Å². The van der Waals surface area contributed by atoms with E-state index in [1.807, 2.05) is 66.9 Å². The van der Waals surface area contributed by atoms with Gasteiger partial charge in [-0.3, -0.25) is 14.3 Å². The first-order chi connectivity index (χ1) is 14.1. The highest BCUT2D eigenvalue weighted by Gasteiger charge is 2.29. The minimum Gasteiger partial charge on any atom is -0.368 e.